The topological polar surface area (TPSA) is 43.4 Å². The standard InChI is InChI=1S/C13H16O3S/c1-9(14)11(13(15)16-2)12(17-3)10-7-5-4-6-8-10/h4-8,11-12H,1-3H3. The van der Waals surface area contributed by atoms with Gasteiger partial charge < -0.3 is 4.74 Å². The molecule has 1 rings (SSSR count). The predicted molar refractivity (Wildman–Crippen MR) is 68.9 cm³/mol. The highest BCUT2D eigenvalue weighted by atomic mass is 32.2. The molecule has 0 aliphatic rings. The highest BCUT2D eigenvalue weighted by Crippen LogP contribution is 2.35. The molecule has 0 heterocycles. The van der Waals surface area contributed by atoms with E-state index in [1.54, 1.807) is 0 Å². The van der Waals surface area contributed by atoms with E-state index in [-0.39, 0.29) is 11.0 Å². The lowest BCUT2D eigenvalue weighted by molar-refractivity contribution is -0.148. The molecule has 17 heavy (non-hydrogen) atoms. The summed E-state index contributed by atoms with van der Waals surface area (Å²) in [4.78, 5) is 23.3. The first-order chi connectivity index (χ1) is 8.11. The number of carbonyl (C=O) groups is 2. The van der Waals surface area contributed by atoms with E-state index < -0.39 is 11.9 Å². The summed E-state index contributed by atoms with van der Waals surface area (Å²) < 4.78 is 4.70. The Morgan fingerprint density at radius 1 is 1.24 bits per heavy atom. The van der Waals surface area contributed by atoms with Gasteiger partial charge in [0.1, 0.15) is 11.7 Å². The fourth-order valence-electron chi connectivity index (χ4n) is 1.74. The summed E-state index contributed by atoms with van der Waals surface area (Å²) in [5.41, 5.74) is 0.964. The Morgan fingerprint density at radius 3 is 2.24 bits per heavy atom. The second kappa shape index (κ2) is 6.45. The molecule has 0 aromatic heterocycles. The lowest BCUT2D eigenvalue weighted by Crippen LogP contribution is -2.28. The largest absolute Gasteiger partial charge is 0.468 e. The smallest absolute Gasteiger partial charge is 0.317 e. The van der Waals surface area contributed by atoms with Crippen LogP contribution in [0.15, 0.2) is 30.3 Å². The van der Waals surface area contributed by atoms with Crippen molar-refractivity contribution in [2.75, 3.05) is 13.4 Å². The van der Waals surface area contributed by atoms with Crippen molar-refractivity contribution in [1.82, 2.24) is 0 Å². The summed E-state index contributed by atoms with van der Waals surface area (Å²) in [6.45, 7) is 1.42. The molecular formula is C13H16O3S. The molecule has 92 valence electrons. The molecule has 4 heteroatoms. The number of esters is 1. The van der Waals surface area contributed by atoms with Crippen LogP contribution in [0.5, 0.6) is 0 Å². The first-order valence-electron chi connectivity index (χ1n) is 5.27. The number of hydrogen-bond acceptors (Lipinski definition) is 4. The number of carbonyl (C=O) groups excluding carboxylic acids is 2. The van der Waals surface area contributed by atoms with E-state index in [9.17, 15) is 9.59 Å². The van der Waals surface area contributed by atoms with Crippen molar-refractivity contribution in [3.8, 4) is 0 Å². The van der Waals surface area contributed by atoms with Crippen molar-refractivity contribution >= 4 is 23.5 Å². The predicted octanol–water partition coefficient (Wildman–Crippen LogP) is 2.47. The number of thioether (sulfide) groups is 1. The lowest BCUT2D eigenvalue weighted by Gasteiger charge is -2.21. The van der Waals surface area contributed by atoms with Crippen molar-refractivity contribution in [2.24, 2.45) is 5.92 Å². The van der Waals surface area contributed by atoms with Crippen molar-refractivity contribution in [3.05, 3.63) is 35.9 Å². The third-order valence-corrected chi connectivity index (χ3v) is 3.63. The third-order valence-electron chi connectivity index (χ3n) is 2.58. The summed E-state index contributed by atoms with van der Waals surface area (Å²) in [6, 6.07) is 9.53. The molecule has 0 saturated heterocycles. The monoisotopic (exact) mass is 252 g/mol. The maximum absolute atomic E-state index is 11.7. The van der Waals surface area contributed by atoms with Gasteiger partial charge in [0, 0.05) is 5.25 Å². The van der Waals surface area contributed by atoms with Crippen LogP contribution in [0.2, 0.25) is 0 Å². The number of ether oxygens (including phenoxy) is 1. The average molecular weight is 252 g/mol. The minimum Gasteiger partial charge on any atom is -0.468 e. The summed E-state index contributed by atoms with van der Waals surface area (Å²) in [5.74, 6) is -1.38. The number of benzene rings is 1. The van der Waals surface area contributed by atoms with Crippen LogP contribution in [0.4, 0.5) is 0 Å². The number of ketones is 1. The number of hydrogen-bond donors (Lipinski definition) is 0. The Kier molecular flexibility index (Phi) is 5.22. The van der Waals surface area contributed by atoms with Gasteiger partial charge in [0.05, 0.1) is 7.11 Å². The zero-order valence-corrected chi connectivity index (χ0v) is 11.0. The Balaban J connectivity index is 3.06. The molecule has 0 aliphatic heterocycles. The molecule has 0 aliphatic carbocycles. The lowest BCUT2D eigenvalue weighted by atomic mass is 9.95. The summed E-state index contributed by atoms with van der Waals surface area (Å²) >= 11 is 1.48. The number of methoxy groups -OCH3 is 1. The molecule has 0 saturated carbocycles. The van der Waals surface area contributed by atoms with E-state index in [1.807, 2.05) is 36.6 Å². The van der Waals surface area contributed by atoms with E-state index in [0.717, 1.165) is 5.56 Å². The minimum absolute atomic E-state index is 0.167. The van der Waals surface area contributed by atoms with Crippen molar-refractivity contribution in [2.45, 2.75) is 12.2 Å². The van der Waals surface area contributed by atoms with E-state index >= 15 is 0 Å². The van der Waals surface area contributed by atoms with E-state index in [0.29, 0.717) is 0 Å². The van der Waals surface area contributed by atoms with Gasteiger partial charge >= 0.3 is 5.97 Å². The first kappa shape index (κ1) is 13.8. The van der Waals surface area contributed by atoms with Crippen LogP contribution < -0.4 is 0 Å². The summed E-state index contributed by atoms with van der Waals surface area (Å²) in [7, 11) is 1.31. The Morgan fingerprint density at radius 2 is 1.82 bits per heavy atom. The fraction of sp³-hybridized carbons (Fsp3) is 0.385. The van der Waals surface area contributed by atoms with Gasteiger partial charge in [-0.05, 0) is 18.7 Å². The summed E-state index contributed by atoms with van der Waals surface area (Å²) in [6.07, 6.45) is 1.89. The molecule has 3 nitrogen and oxygen atoms in total. The van der Waals surface area contributed by atoms with Crippen LogP contribution in [0.25, 0.3) is 0 Å². The highest BCUT2D eigenvalue weighted by molar-refractivity contribution is 7.98. The van der Waals surface area contributed by atoms with Gasteiger partial charge in [-0.1, -0.05) is 30.3 Å². The average Bonchev–Trinajstić information content (AvgIpc) is 2.35. The van der Waals surface area contributed by atoms with Crippen LogP contribution >= 0.6 is 11.8 Å². The van der Waals surface area contributed by atoms with Crippen molar-refractivity contribution in [3.63, 3.8) is 0 Å². The molecule has 1 aromatic rings. The Labute approximate surface area is 106 Å². The molecule has 0 spiro atoms. The molecule has 2 atom stereocenters. The van der Waals surface area contributed by atoms with Gasteiger partial charge in [-0.15, -0.1) is 0 Å². The Hall–Kier alpha value is -1.29. The number of Topliss-reactive ketones (excluding diaryl/α,β-unsaturated/α-hetero) is 1. The van der Waals surface area contributed by atoms with Crippen molar-refractivity contribution in [1.29, 1.82) is 0 Å². The van der Waals surface area contributed by atoms with Gasteiger partial charge in [0.25, 0.3) is 0 Å². The van der Waals surface area contributed by atoms with E-state index in [1.165, 1.54) is 25.8 Å². The van der Waals surface area contributed by atoms with Gasteiger partial charge in [0.2, 0.25) is 0 Å². The molecular weight excluding hydrogens is 236 g/mol. The van der Waals surface area contributed by atoms with Crippen LogP contribution in [0.1, 0.15) is 17.7 Å². The quantitative estimate of drug-likeness (QED) is 0.596. The SMILES string of the molecule is COC(=O)C(C(C)=O)C(SC)c1ccccc1. The normalized spacial score (nSPS) is 13.8. The van der Waals surface area contributed by atoms with Gasteiger partial charge in [-0.2, -0.15) is 11.8 Å². The highest BCUT2D eigenvalue weighted by Gasteiger charge is 2.33. The Bertz CT molecular complexity index is 389. The zero-order chi connectivity index (χ0) is 12.8. The van der Waals surface area contributed by atoms with E-state index in [2.05, 4.69) is 0 Å². The molecule has 0 bridgehead atoms. The summed E-state index contributed by atoms with van der Waals surface area (Å²) in [5, 5.41) is -0.193. The van der Waals surface area contributed by atoms with Crippen LogP contribution in [0, 0.1) is 5.92 Å². The maximum atomic E-state index is 11.7. The molecule has 0 fully saturated rings. The van der Waals surface area contributed by atoms with Crippen LogP contribution in [-0.4, -0.2) is 25.1 Å². The van der Waals surface area contributed by atoms with Crippen LogP contribution in [-0.2, 0) is 14.3 Å². The first-order valence-corrected chi connectivity index (χ1v) is 6.56. The second-order valence-corrected chi connectivity index (χ2v) is 4.66. The van der Waals surface area contributed by atoms with Gasteiger partial charge in [0.15, 0.2) is 0 Å². The molecule has 2 unspecified atom stereocenters. The fourth-order valence-corrected chi connectivity index (χ4v) is 2.74. The third kappa shape index (κ3) is 3.33. The van der Waals surface area contributed by atoms with Gasteiger partial charge in [-0.3, -0.25) is 9.59 Å². The number of rotatable bonds is 5. The zero-order valence-electron chi connectivity index (χ0n) is 10.2. The second-order valence-electron chi connectivity index (χ2n) is 3.68. The maximum Gasteiger partial charge on any atom is 0.317 e. The molecule has 1 aromatic carbocycles. The molecule has 0 N–H and O–H groups in total. The van der Waals surface area contributed by atoms with Crippen LogP contribution in [0.3, 0.4) is 0 Å². The molecule has 0 radical (unpaired) electrons. The molecule has 0 amide bonds. The van der Waals surface area contributed by atoms with E-state index in [4.69, 9.17) is 4.74 Å². The van der Waals surface area contributed by atoms with Gasteiger partial charge in [-0.25, -0.2) is 0 Å². The minimum atomic E-state index is -0.739. The van der Waals surface area contributed by atoms with Crippen molar-refractivity contribution < 1.29 is 14.3 Å².